The van der Waals surface area contributed by atoms with Crippen LogP contribution in [0.15, 0.2) is 72.8 Å². The van der Waals surface area contributed by atoms with Crippen LogP contribution in [0.2, 0.25) is 0 Å². The molecule has 2 bridgehead atoms. The number of fused-ring (bicyclic) bond motifs is 5. The van der Waals surface area contributed by atoms with Crippen LogP contribution in [0, 0.1) is 13.8 Å². The minimum Gasteiger partial charge on any atom is -0.448 e. The van der Waals surface area contributed by atoms with Crippen LogP contribution in [0.5, 0.6) is 0 Å². The van der Waals surface area contributed by atoms with Crippen LogP contribution in [0.3, 0.4) is 0 Å². The molecule has 34 heavy (non-hydrogen) atoms. The van der Waals surface area contributed by atoms with Crippen molar-refractivity contribution in [2.24, 2.45) is 0 Å². The van der Waals surface area contributed by atoms with Crippen molar-refractivity contribution in [1.82, 2.24) is 4.90 Å². The molecule has 0 saturated carbocycles. The Bertz CT molecular complexity index is 1220. The van der Waals surface area contributed by atoms with Crippen LogP contribution >= 0.6 is 0 Å². The molecule has 3 heteroatoms. The third-order valence-electron chi connectivity index (χ3n) is 7.78. The van der Waals surface area contributed by atoms with Gasteiger partial charge in [-0.05, 0) is 72.9 Å². The molecule has 0 aromatic heterocycles. The summed E-state index contributed by atoms with van der Waals surface area (Å²) in [6, 6.07) is 24.1. The molecule has 3 nitrogen and oxygen atoms in total. The zero-order valence-corrected chi connectivity index (χ0v) is 20.0. The van der Waals surface area contributed by atoms with Gasteiger partial charge in [0, 0.05) is 12.0 Å². The number of nitrogens with zero attached hydrogens (tertiary/aromatic N) is 1. The van der Waals surface area contributed by atoms with Gasteiger partial charge in [0.15, 0.2) is 0 Å². The summed E-state index contributed by atoms with van der Waals surface area (Å²) in [4.78, 5) is 15.4. The van der Waals surface area contributed by atoms with Gasteiger partial charge in [-0.15, -0.1) is 0 Å². The summed E-state index contributed by atoms with van der Waals surface area (Å²) in [5, 5.41) is 0. The zero-order valence-electron chi connectivity index (χ0n) is 20.0. The van der Waals surface area contributed by atoms with Crippen molar-refractivity contribution >= 4 is 11.7 Å². The van der Waals surface area contributed by atoms with E-state index < -0.39 is 0 Å². The van der Waals surface area contributed by atoms with E-state index >= 15 is 0 Å². The molecule has 1 fully saturated rings. The number of benzene rings is 3. The summed E-state index contributed by atoms with van der Waals surface area (Å²) in [5.74, 6) is 0.0994. The zero-order chi connectivity index (χ0) is 23.2. The molecule has 0 N–H and O–H groups in total. The molecule has 2 atom stereocenters. The summed E-state index contributed by atoms with van der Waals surface area (Å²) >= 11 is 0. The monoisotopic (exact) mass is 449 g/mol. The molecule has 3 aliphatic rings. The van der Waals surface area contributed by atoms with Gasteiger partial charge in [-0.1, -0.05) is 83.9 Å². The van der Waals surface area contributed by atoms with Gasteiger partial charge in [-0.3, -0.25) is 4.90 Å². The number of rotatable bonds is 3. The van der Waals surface area contributed by atoms with Crippen LogP contribution in [0.1, 0.15) is 59.4 Å². The SMILES string of the molecule is Cc1cc(C)cc(C2=CC3CCCC(C2)N3C(=O)OCC2c3ccccc3-c3ccccc32)c1. The van der Waals surface area contributed by atoms with Crippen molar-refractivity contribution in [1.29, 1.82) is 0 Å². The van der Waals surface area contributed by atoms with E-state index in [2.05, 4.69) is 86.7 Å². The topological polar surface area (TPSA) is 29.5 Å². The van der Waals surface area contributed by atoms with E-state index in [4.69, 9.17) is 4.74 Å². The van der Waals surface area contributed by atoms with Gasteiger partial charge >= 0.3 is 6.09 Å². The van der Waals surface area contributed by atoms with E-state index in [-0.39, 0.29) is 24.1 Å². The number of amides is 1. The largest absolute Gasteiger partial charge is 0.448 e. The minimum absolute atomic E-state index is 0.0994. The molecular weight excluding hydrogens is 418 g/mol. The molecular formula is C31H31NO2. The predicted molar refractivity (Wildman–Crippen MR) is 137 cm³/mol. The molecule has 3 aromatic carbocycles. The lowest BCUT2D eigenvalue weighted by atomic mass is 9.82. The maximum Gasteiger partial charge on any atom is 0.410 e. The first-order valence-electron chi connectivity index (χ1n) is 12.5. The molecule has 0 radical (unpaired) electrons. The van der Waals surface area contributed by atoms with Crippen molar-refractivity contribution in [3.8, 4) is 11.1 Å². The van der Waals surface area contributed by atoms with Crippen LogP contribution in [-0.4, -0.2) is 29.7 Å². The number of ether oxygens (including phenoxy) is 1. The third-order valence-corrected chi connectivity index (χ3v) is 7.78. The van der Waals surface area contributed by atoms with E-state index in [0.29, 0.717) is 6.61 Å². The highest BCUT2D eigenvalue weighted by molar-refractivity contribution is 5.79. The highest BCUT2D eigenvalue weighted by Gasteiger charge is 2.39. The number of piperidine rings is 1. The fourth-order valence-corrected chi connectivity index (χ4v) is 6.36. The van der Waals surface area contributed by atoms with Gasteiger partial charge in [-0.25, -0.2) is 4.79 Å². The smallest absolute Gasteiger partial charge is 0.410 e. The first-order chi connectivity index (χ1) is 16.6. The molecule has 3 aromatic rings. The number of carbonyl (C=O) groups is 1. The maximum absolute atomic E-state index is 13.4. The van der Waals surface area contributed by atoms with E-state index in [9.17, 15) is 4.79 Å². The minimum atomic E-state index is -0.160. The molecule has 1 amide bonds. The second-order valence-corrected chi connectivity index (χ2v) is 10.1. The Morgan fingerprint density at radius 2 is 1.56 bits per heavy atom. The Balaban J connectivity index is 1.22. The Labute approximate surface area is 202 Å². The van der Waals surface area contributed by atoms with Gasteiger partial charge in [-0.2, -0.15) is 0 Å². The van der Waals surface area contributed by atoms with Crippen LogP contribution in [-0.2, 0) is 4.74 Å². The lowest BCUT2D eigenvalue weighted by molar-refractivity contribution is 0.0539. The van der Waals surface area contributed by atoms with Crippen LogP contribution < -0.4 is 0 Å². The first-order valence-corrected chi connectivity index (χ1v) is 12.5. The van der Waals surface area contributed by atoms with Gasteiger partial charge in [0.25, 0.3) is 0 Å². The summed E-state index contributed by atoms with van der Waals surface area (Å²) in [5.41, 5.74) is 10.3. The standard InChI is InChI=1S/C31H31NO2/c1-20-14-21(2)16-22(15-20)23-17-24-8-7-9-25(18-23)32(24)31(33)34-19-30-28-12-5-3-10-26(28)27-11-4-6-13-29(27)30/h3-6,10-17,24-25,30H,7-9,18-19H2,1-2H3. The molecule has 1 saturated heterocycles. The third kappa shape index (κ3) is 3.64. The van der Waals surface area contributed by atoms with Crippen molar-refractivity contribution in [3.63, 3.8) is 0 Å². The number of aryl methyl sites for hydroxylation is 2. The Hall–Kier alpha value is -3.33. The highest BCUT2D eigenvalue weighted by Crippen LogP contribution is 2.45. The molecule has 2 aliphatic heterocycles. The Kier molecular flexibility index (Phi) is 5.28. The average molecular weight is 450 g/mol. The van der Waals surface area contributed by atoms with E-state index in [1.807, 2.05) is 4.90 Å². The van der Waals surface area contributed by atoms with Crippen molar-refractivity contribution in [2.45, 2.75) is 57.5 Å². The first kappa shape index (κ1) is 21.2. The Morgan fingerprint density at radius 1 is 0.912 bits per heavy atom. The molecule has 172 valence electrons. The van der Waals surface area contributed by atoms with E-state index in [1.165, 1.54) is 50.9 Å². The van der Waals surface area contributed by atoms with Gasteiger partial charge in [0.05, 0.1) is 6.04 Å². The van der Waals surface area contributed by atoms with Gasteiger partial charge in [0.2, 0.25) is 0 Å². The number of hydrogen-bond donors (Lipinski definition) is 0. The predicted octanol–water partition coefficient (Wildman–Crippen LogP) is 7.26. The molecule has 2 unspecified atom stereocenters. The number of hydrogen-bond acceptors (Lipinski definition) is 2. The van der Waals surface area contributed by atoms with Crippen molar-refractivity contribution in [2.75, 3.05) is 6.61 Å². The molecule has 0 spiro atoms. The Morgan fingerprint density at radius 3 is 2.21 bits per heavy atom. The van der Waals surface area contributed by atoms with Gasteiger partial charge in [0.1, 0.15) is 6.61 Å². The summed E-state index contributed by atoms with van der Waals surface area (Å²) in [6.07, 6.45) is 6.29. The highest BCUT2D eigenvalue weighted by atomic mass is 16.6. The fourth-order valence-electron chi connectivity index (χ4n) is 6.36. The molecule has 6 rings (SSSR count). The normalized spacial score (nSPS) is 21.0. The second kappa shape index (κ2) is 8.47. The van der Waals surface area contributed by atoms with Crippen LogP contribution in [0.4, 0.5) is 4.79 Å². The molecule has 2 heterocycles. The quantitative estimate of drug-likeness (QED) is 0.421. The van der Waals surface area contributed by atoms with Crippen molar-refractivity contribution in [3.05, 3.63) is 101 Å². The van der Waals surface area contributed by atoms with Crippen molar-refractivity contribution < 1.29 is 9.53 Å². The maximum atomic E-state index is 13.4. The van der Waals surface area contributed by atoms with E-state index in [1.54, 1.807) is 0 Å². The fraction of sp³-hybridized carbons (Fsp3) is 0.323. The second-order valence-electron chi connectivity index (χ2n) is 10.1. The van der Waals surface area contributed by atoms with Crippen LogP contribution in [0.25, 0.3) is 16.7 Å². The average Bonchev–Trinajstić information content (AvgIpc) is 3.15. The summed E-state index contributed by atoms with van der Waals surface area (Å²) in [6.45, 7) is 4.70. The van der Waals surface area contributed by atoms with E-state index in [0.717, 1.165) is 19.3 Å². The number of carbonyl (C=O) groups excluding carboxylic acids is 1. The summed E-state index contributed by atoms with van der Waals surface area (Å²) in [7, 11) is 0. The summed E-state index contributed by atoms with van der Waals surface area (Å²) < 4.78 is 6.05. The lowest BCUT2D eigenvalue weighted by Crippen LogP contribution is -2.51. The van der Waals surface area contributed by atoms with Gasteiger partial charge < -0.3 is 4.74 Å². The molecule has 1 aliphatic carbocycles. The lowest BCUT2D eigenvalue weighted by Gasteiger charge is -2.44.